The number of hydrogen-bond donors (Lipinski definition) is 0. The molecule has 0 aromatic rings. The van der Waals surface area contributed by atoms with E-state index in [9.17, 15) is 4.79 Å². The summed E-state index contributed by atoms with van der Waals surface area (Å²) in [6.07, 6.45) is 6.05. The Morgan fingerprint density at radius 2 is 2.24 bits per heavy atom. The molecule has 4 atom stereocenters. The minimum absolute atomic E-state index is 0.0118. The van der Waals surface area contributed by atoms with Crippen molar-refractivity contribution in [1.29, 1.82) is 5.26 Å². The van der Waals surface area contributed by atoms with Crippen molar-refractivity contribution in [2.24, 2.45) is 23.7 Å². The van der Waals surface area contributed by atoms with E-state index in [4.69, 9.17) is 5.26 Å². The summed E-state index contributed by atoms with van der Waals surface area (Å²) in [5, 5.41) is 8.91. The van der Waals surface area contributed by atoms with Crippen molar-refractivity contribution in [2.75, 3.05) is 13.6 Å². The van der Waals surface area contributed by atoms with Gasteiger partial charge in [-0.3, -0.25) is 4.79 Å². The van der Waals surface area contributed by atoms with Gasteiger partial charge in [-0.1, -0.05) is 13.3 Å². The maximum Gasteiger partial charge on any atom is 0.239 e. The minimum atomic E-state index is -0.446. The Kier molecular flexibility index (Phi) is 3.71. The SMILES string of the molecule is CCC(C#N)C(=O)N(C)CC1CC2CCC1C2. The minimum Gasteiger partial charge on any atom is -0.344 e. The van der Waals surface area contributed by atoms with Crippen LogP contribution in [0.1, 0.15) is 39.0 Å². The van der Waals surface area contributed by atoms with Crippen LogP contribution in [0.25, 0.3) is 0 Å². The van der Waals surface area contributed by atoms with Gasteiger partial charge in [-0.2, -0.15) is 5.26 Å². The highest BCUT2D eigenvalue weighted by Gasteiger charge is 2.40. The van der Waals surface area contributed by atoms with Crippen molar-refractivity contribution in [3.05, 3.63) is 0 Å². The van der Waals surface area contributed by atoms with Crippen molar-refractivity contribution in [3.8, 4) is 6.07 Å². The number of fused-ring (bicyclic) bond motifs is 2. The number of carbonyl (C=O) groups excluding carboxylic acids is 1. The lowest BCUT2D eigenvalue weighted by atomic mass is 9.88. The summed E-state index contributed by atoms with van der Waals surface area (Å²) in [4.78, 5) is 13.8. The second-order valence-electron chi connectivity index (χ2n) is 5.74. The van der Waals surface area contributed by atoms with Gasteiger partial charge in [0.2, 0.25) is 5.91 Å². The summed E-state index contributed by atoms with van der Waals surface area (Å²) in [5.41, 5.74) is 0. The van der Waals surface area contributed by atoms with Crippen LogP contribution in [0.5, 0.6) is 0 Å². The smallest absolute Gasteiger partial charge is 0.239 e. The number of nitriles is 1. The molecule has 2 aliphatic carbocycles. The van der Waals surface area contributed by atoms with E-state index in [-0.39, 0.29) is 5.91 Å². The third-order valence-electron chi connectivity index (χ3n) is 4.63. The third-order valence-corrected chi connectivity index (χ3v) is 4.63. The fraction of sp³-hybridized carbons (Fsp3) is 0.857. The number of nitrogens with zero attached hydrogens (tertiary/aromatic N) is 2. The monoisotopic (exact) mass is 234 g/mol. The van der Waals surface area contributed by atoms with Crippen LogP contribution in [0.4, 0.5) is 0 Å². The van der Waals surface area contributed by atoms with Crippen LogP contribution in [0.3, 0.4) is 0 Å². The quantitative estimate of drug-likeness (QED) is 0.750. The zero-order valence-corrected chi connectivity index (χ0v) is 10.9. The van der Waals surface area contributed by atoms with Gasteiger partial charge in [-0.15, -0.1) is 0 Å². The zero-order chi connectivity index (χ0) is 12.4. The Morgan fingerprint density at radius 1 is 1.47 bits per heavy atom. The lowest BCUT2D eigenvalue weighted by molar-refractivity contribution is -0.133. The molecule has 0 aromatic heterocycles. The molecule has 2 aliphatic rings. The third kappa shape index (κ3) is 2.46. The summed E-state index contributed by atoms with van der Waals surface area (Å²) in [5.74, 6) is 2.03. The Balaban J connectivity index is 1.87. The predicted octanol–water partition coefficient (Wildman–Crippen LogP) is 2.43. The molecular weight excluding hydrogens is 212 g/mol. The number of rotatable bonds is 4. The molecular formula is C14H22N2O. The van der Waals surface area contributed by atoms with E-state index in [1.807, 2.05) is 14.0 Å². The molecule has 4 unspecified atom stereocenters. The fourth-order valence-corrected chi connectivity index (χ4v) is 3.63. The standard InChI is InChI=1S/C14H22N2O/c1-3-11(8-15)14(17)16(2)9-13-7-10-4-5-12(13)6-10/h10-13H,3-7,9H2,1-2H3. The van der Waals surface area contributed by atoms with Crippen LogP contribution < -0.4 is 0 Å². The highest BCUT2D eigenvalue weighted by Crippen LogP contribution is 2.48. The van der Waals surface area contributed by atoms with Gasteiger partial charge in [0, 0.05) is 13.6 Å². The van der Waals surface area contributed by atoms with Crippen LogP contribution in [0, 0.1) is 35.0 Å². The van der Waals surface area contributed by atoms with Crippen LogP contribution in [0.15, 0.2) is 0 Å². The van der Waals surface area contributed by atoms with Crippen molar-refractivity contribution < 1.29 is 4.79 Å². The lowest BCUT2D eigenvalue weighted by Gasteiger charge is -2.28. The molecule has 2 saturated carbocycles. The fourth-order valence-electron chi connectivity index (χ4n) is 3.63. The number of hydrogen-bond acceptors (Lipinski definition) is 2. The van der Waals surface area contributed by atoms with E-state index >= 15 is 0 Å². The molecule has 0 heterocycles. The Labute approximate surface area is 104 Å². The number of amides is 1. The molecule has 1 amide bonds. The maximum absolute atomic E-state index is 12.0. The average molecular weight is 234 g/mol. The zero-order valence-electron chi connectivity index (χ0n) is 10.9. The van der Waals surface area contributed by atoms with Crippen molar-refractivity contribution in [2.45, 2.75) is 39.0 Å². The molecule has 2 fully saturated rings. The Bertz CT molecular complexity index is 334. The molecule has 0 radical (unpaired) electrons. The first-order chi connectivity index (χ1) is 8.15. The van der Waals surface area contributed by atoms with E-state index < -0.39 is 5.92 Å². The highest BCUT2D eigenvalue weighted by atomic mass is 16.2. The van der Waals surface area contributed by atoms with E-state index in [0.717, 1.165) is 18.4 Å². The average Bonchev–Trinajstić information content (AvgIpc) is 2.92. The molecule has 0 aliphatic heterocycles. The molecule has 0 N–H and O–H groups in total. The summed E-state index contributed by atoms with van der Waals surface area (Å²) in [6, 6.07) is 2.10. The summed E-state index contributed by atoms with van der Waals surface area (Å²) >= 11 is 0. The van der Waals surface area contributed by atoms with Gasteiger partial charge >= 0.3 is 0 Å². The van der Waals surface area contributed by atoms with Crippen molar-refractivity contribution >= 4 is 5.91 Å². The Morgan fingerprint density at radius 3 is 2.71 bits per heavy atom. The van der Waals surface area contributed by atoms with E-state index in [0.29, 0.717) is 12.3 Å². The normalized spacial score (nSPS) is 32.2. The molecule has 0 saturated heterocycles. The van der Waals surface area contributed by atoms with Gasteiger partial charge in [0.05, 0.1) is 6.07 Å². The topological polar surface area (TPSA) is 44.1 Å². The molecule has 2 rings (SSSR count). The van der Waals surface area contributed by atoms with Crippen molar-refractivity contribution in [3.63, 3.8) is 0 Å². The molecule has 17 heavy (non-hydrogen) atoms. The van der Waals surface area contributed by atoms with E-state index in [2.05, 4.69) is 6.07 Å². The van der Waals surface area contributed by atoms with Crippen LogP contribution in [-0.2, 0) is 4.79 Å². The first-order valence-electron chi connectivity index (χ1n) is 6.80. The second-order valence-corrected chi connectivity index (χ2v) is 5.74. The number of carbonyl (C=O) groups is 1. The van der Waals surface area contributed by atoms with Gasteiger partial charge in [-0.25, -0.2) is 0 Å². The highest BCUT2D eigenvalue weighted by molar-refractivity contribution is 5.80. The van der Waals surface area contributed by atoms with E-state index in [1.165, 1.54) is 25.7 Å². The predicted molar refractivity (Wildman–Crippen MR) is 66.0 cm³/mol. The maximum atomic E-state index is 12.0. The lowest BCUT2D eigenvalue weighted by Crippen LogP contribution is -2.37. The first kappa shape index (κ1) is 12.4. The molecule has 0 spiro atoms. The second kappa shape index (κ2) is 5.08. The first-order valence-corrected chi connectivity index (χ1v) is 6.80. The largest absolute Gasteiger partial charge is 0.344 e. The van der Waals surface area contributed by atoms with Gasteiger partial charge in [-0.05, 0) is 43.4 Å². The van der Waals surface area contributed by atoms with Gasteiger partial charge in [0.25, 0.3) is 0 Å². The molecule has 94 valence electrons. The van der Waals surface area contributed by atoms with Gasteiger partial charge in [0.15, 0.2) is 0 Å². The molecule has 2 bridgehead atoms. The van der Waals surface area contributed by atoms with Crippen molar-refractivity contribution in [1.82, 2.24) is 4.90 Å². The molecule has 0 aromatic carbocycles. The summed E-state index contributed by atoms with van der Waals surface area (Å²) in [6.45, 7) is 2.76. The van der Waals surface area contributed by atoms with Gasteiger partial charge in [0.1, 0.15) is 5.92 Å². The van der Waals surface area contributed by atoms with E-state index in [1.54, 1.807) is 4.90 Å². The summed E-state index contributed by atoms with van der Waals surface area (Å²) < 4.78 is 0. The summed E-state index contributed by atoms with van der Waals surface area (Å²) in [7, 11) is 1.86. The Hall–Kier alpha value is -1.04. The molecule has 3 nitrogen and oxygen atoms in total. The van der Waals surface area contributed by atoms with Crippen LogP contribution in [0.2, 0.25) is 0 Å². The van der Waals surface area contributed by atoms with Crippen LogP contribution in [-0.4, -0.2) is 24.4 Å². The molecule has 3 heteroatoms. The van der Waals surface area contributed by atoms with Gasteiger partial charge < -0.3 is 4.90 Å². The van der Waals surface area contributed by atoms with Crippen LogP contribution >= 0.6 is 0 Å².